The van der Waals surface area contributed by atoms with Gasteiger partial charge in [-0.15, -0.1) is 0 Å². The Morgan fingerprint density at radius 2 is 1.85 bits per heavy atom. The maximum atomic E-state index is 14.6. The minimum atomic E-state index is -1.41. The Hall–Kier alpha value is -3.42. The Labute approximate surface area is 153 Å². The van der Waals surface area contributed by atoms with Crippen molar-refractivity contribution in [3.05, 3.63) is 58.1 Å². The predicted octanol–water partition coefficient (Wildman–Crippen LogP) is 2.77. The summed E-state index contributed by atoms with van der Waals surface area (Å²) in [5.74, 6) is -1.99. The molecule has 0 saturated carbocycles. The van der Waals surface area contributed by atoms with Crippen molar-refractivity contribution in [3.8, 4) is 11.4 Å². The van der Waals surface area contributed by atoms with E-state index in [1.807, 2.05) is 13.8 Å². The van der Waals surface area contributed by atoms with E-state index in [9.17, 15) is 24.2 Å². The predicted molar refractivity (Wildman–Crippen MR) is 99.5 cm³/mol. The third-order valence-corrected chi connectivity index (χ3v) is 4.33. The normalized spacial score (nSPS) is 10.9. The Kier molecular flexibility index (Phi) is 4.81. The van der Waals surface area contributed by atoms with Gasteiger partial charge in [0.25, 0.3) is 0 Å². The van der Waals surface area contributed by atoms with E-state index in [-0.39, 0.29) is 22.6 Å². The topological polar surface area (TPSA) is 95.7 Å². The van der Waals surface area contributed by atoms with E-state index in [0.29, 0.717) is 18.8 Å². The number of halogens is 1. The van der Waals surface area contributed by atoms with E-state index in [4.69, 9.17) is 0 Å². The lowest BCUT2D eigenvalue weighted by atomic mass is 10.1. The molecule has 0 saturated heterocycles. The molecule has 0 aliphatic heterocycles. The minimum absolute atomic E-state index is 0.0328. The fourth-order valence-corrected chi connectivity index (χ4v) is 2.92. The van der Waals surface area contributed by atoms with Crippen LogP contribution in [0.4, 0.5) is 10.2 Å². The van der Waals surface area contributed by atoms with Gasteiger partial charge in [0.2, 0.25) is 5.43 Å². The quantitative estimate of drug-likeness (QED) is 0.716. The van der Waals surface area contributed by atoms with Crippen LogP contribution in [0.3, 0.4) is 0 Å². The van der Waals surface area contributed by atoms with Crippen LogP contribution < -0.4 is 10.3 Å². The Balaban J connectivity index is 2.42. The Morgan fingerprint density at radius 1 is 1.22 bits per heavy atom. The van der Waals surface area contributed by atoms with Crippen LogP contribution in [0.15, 0.2) is 41.3 Å². The Bertz CT molecular complexity index is 1070. The summed E-state index contributed by atoms with van der Waals surface area (Å²) >= 11 is 0. The number of aromatic nitrogens is 2. The van der Waals surface area contributed by atoms with Crippen molar-refractivity contribution in [2.24, 2.45) is 0 Å². The van der Waals surface area contributed by atoms with E-state index in [1.165, 1.54) is 16.7 Å². The molecule has 0 atom stereocenters. The van der Waals surface area contributed by atoms with Crippen molar-refractivity contribution in [1.82, 2.24) is 9.55 Å². The zero-order valence-corrected chi connectivity index (χ0v) is 14.8. The number of phenols is 1. The van der Waals surface area contributed by atoms with Gasteiger partial charge in [-0.3, -0.25) is 4.79 Å². The van der Waals surface area contributed by atoms with Crippen LogP contribution in [0, 0.1) is 5.82 Å². The zero-order valence-electron chi connectivity index (χ0n) is 14.8. The number of rotatable bonds is 5. The summed E-state index contributed by atoms with van der Waals surface area (Å²) in [4.78, 5) is 30.0. The molecule has 0 unspecified atom stereocenters. The third-order valence-electron chi connectivity index (χ3n) is 4.33. The SMILES string of the molecule is CCN(CC)c1nc2c(cc1F)c(=O)c(C(=O)O)cn2-c1ccc(O)cc1. The Morgan fingerprint density at radius 3 is 2.41 bits per heavy atom. The van der Waals surface area contributed by atoms with Gasteiger partial charge in [0.15, 0.2) is 17.3 Å². The summed E-state index contributed by atoms with van der Waals surface area (Å²) in [5.41, 5.74) is -0.679. The highest BCUT2D eigenvalue weighted by molar-refractivity contribution is 5.92. The number of anilines is 1. The number of nitrogens with zero attached hydrogens (tertiary/aromatic N) is 3. The van der Waals surface area contributed by atoms with Gasteiger partial charge < -0.3 is 19.7 Å². The number of hydrogen-bond donors (Lipinski definition) is 2. The maximum Gasteiger partial charge on any atom is 0.341 e. The highest BCUT2D eigenvalue weighted by Crippen LogP contribution is 2.24. The fourth-order valence-electron chi connectivity index (χ4n) is 2.92. The van der Waals surface area contributed by atoms with Crippen molar-refractivity contribution in [2.45, 2.75) is 13.8 Å². The average molecular weight is 371 g/mol. The van der Waals surface area contributed by atoms with Gasteiger partial charge >= 0.3 is 5.97 Å². The second-order valence-corrected chi connectivity index (χ2v) is 5.90. The molecule has 3 rings (SSSR count). The number of carbonyl (C=O) groups is 1. The molecule has 2 N–H and O–H groups in total. The zero-order chi connectivity index (χ0) is 19.7. The second-order valence-electron chi connectivity index (χ2n) is 5.90. The molecule has 2 aromatic heterocycles. The summed E-state index contributed by atoms with van der Waals surface area (Å²) in [6.45, 7) is 4.75. The van der Waals surface area contributed by atoms with Crippen molar-refractivity contribution in [3.63, 3.8) is 0 Å². The molecular weight excluding hydrogens is 353 g/mol. The summed E-state index contributed by atoms with van der Waals surface area (Å²) in [6.07, 6.45) is 1.16. The number of pyridine rings is 2. The number of aromatic hydroxyl groups is 1. The monoisotopic (exact) mass is 371 g/mol. The fraction of sp³-hybridized carbons (Fsp3) is 0.211. The molecule has 0 aliphatic carbocycles. The van der Waals surface area contributed by atoms with Gasteiger partial charge in [-0.25, -0.2) is 14.2 Å². The number of carboxylic acid groups (broad SMARTS) is 1. The highest BCUT2D eigenvalue weighted by Gasteiger charge is 2.20. The lowest BCUT2D eigenvalue weighted by Crippen LogP contribution is -2.26. The maximum absolute atomic E-state index is 14.6. The van der Waals surface area contributed by atoms with E-state index in [1.54, 1.807) is 17.0 Å². The third kappa shape index (κ3) is 3.21. The molecule has 3 aromatic rings. The van der Waals surface area contributed by atoms with Gasteiger partial charge in [-0.1, -0.05) is 0 Å². The van der Waals surface area contributed by atoms with Crippen LogP contribution in [0.5, 0.6) is 5.75 Å². The first-order valence-electron chi connectivity index (χ1n) is 8.40. The first-order chi connectivity index (χ1) is 12.9. The molecule has 0 radical (unpaired) electrons. The van der Waals surface area contributed by atoms with Crippen molar-refractivity contribution in [2.75, 3.05) is 18.0 Å². The van der Waals surface area contributed by atoms with Gasteiger partial charge in [0.1, 0.15) is 11.3 Å². The number of aromatic carboxylic acids is 1. The molecule has 0 bridgehead atoms. The van der Waals surface area contributed by atoms with E-state index in [2.05, 4.69) is 4.98 Å². The molecule has 2 heterocycles. The van der Waals surface area contributed by atoms with E-state index in [0.717, 1.165) is 12.3 Å². The molecular formula is C19H18FN3O4. The smallest absolute Gasteiger partial charge is 0.341 e. The van der Waals surface area contributed by atoms with Crippen molar-refractivity contribution < 1.29 is 19.4 Å². The number of phenolic OH excluding ortho intramolecular Hbond substituents is 1. The summed E-state index contributed by atoms with van der Waals surface area (Å²) < 4.78 is 16.0. The molecule has 0 fully saturated rings. The molecule has 1 aromatic carbocycles. The van der Waals surface area contributed by atoms with Crippen LogP contribution >= 0.6 is 0 Å². The average Bonchev–Trinajstić information content (AvgIpc) is 2.64. The molecule has 7 nitrogen and oxygen atoms in total. The van der Waals surface area contributed by atoms with Gasteiger partial charge in [0, 0.05) is 25.0 Å². The van der Waals surface area contributed by atoms with Crippen LogP contribution in [-0.4, -0.2) is 38.8 Å². The molecule has 27 heavy (non-hydrogen) atoms. The molecule has 0 spiro atoms. The van der Waals surface area contributed by atoms with Gasteiger partial charge in [0.05, 0.1) is 5.39 Å². The standard InChI is InChI=1S/C19H18FN3O4/c1-3-22(4-2)18-15(20)9-13-16(25)14(19(26)27)10-23(17(13)21-18)11-5-7-12(24)8-6-11/h5-10,24H,3-4H2,1-2H3,(H,26,27). The first-order valence-corrected chi connectivity index (χ1v) is 8.40. The van der Waals surface area contributed by atoms with Crippen LogP contribution in [0.25, 0.3) is 16.7 Å². The highest BCUT2D eigenvalue weighted by atomic mass is 19.1. The van der Waals surface area contributed by atoms with Crippen LogP contribution in [0.2, 0.25) is 0 Å². The molecule has 0 amide bonds. The molecule has 8 heteroatoms. The lowest BCUT2D eigenvalue weighted by molar-refractivity contribution is 0.0695. The number of benzene rings is 1. The minimum Gasteiger partial charge on any atom is -0.508 e. The summed E-state index contributed by atoms with van der Waals surface area (Å²) in [7, 11) is 0. The lowest BCUT2D eigenvalue weighted by Gasteiger charge is -2.21. The van der Waals surface area contributed by atoms with E-state index >= 15 is 0 Å². The molecule has 0 aliphatic rings. The van der Waals surface area contributed by atoms with Gasteiger partial charge in [-0.2, -0.15) is 0 Å². The number of carboxylic acids is 1. The van der Waals surface area contributed by atoms with Crippen molar-refractivity contribution >= 4 is 22.8 Å². The summed E-state index contributed by atoms with van der Waals surface area (Å²) in [5, 5.41) is 18.7. The second kappa shape index (κ2) is 7.06. The van der Waals surface area contributed by atoms with E-state index < -0.39 is 22.8 Å². The van der Waals surface area contributed by atoms with Crippen LogP contribution in [-0.2, 0) is 0 Å². The van der Waals surface area contributed by atoms with Crippen LogP contribution in [0.1, 0.15) is 24.2 Å². The number of hydrogen-bond acceptors (Lipinski definition) is 5. The first kappa shape index (κ1) is 18.4. The van der Waals surface area contributed by atoms with Crippen molar-refractivity contribution in [1.29, 1.82) is 0 Å². The number of fused-ring (bicyclic) bond motifs is 1. The largest absolute Gasteiger partial charge is 0.508 e. The van der Waals surface area contributed by atoms with Gasteiger partial charge in [-0.05, 0) is 44.2 Å². The molecule has 140 valence electrons. The summed E-state index contributed by atoms with van der Waals surface area (Å²) in [6, 6.07) is 6.98.